The van der Waals surface area contributed by atoms with E-state index in [1.54, 1.807) is 41.7 Å². The predicted molar refractivity (Wildman–Crippen MR) is 57.9 cm³/mol. The monoisotopic (exact) mass is 229 g/mol. The Labute approximate surface area is 90.7 Å². The van der Waals surface area contributed by atoms with E-state index in [4.69, 9.17) is 14.6 Å². The van der Waals surface area contributed by atoms with Gasteiger partial charge in [-0.1, -0.05) is 0 Å². The Morgan fingerprint density at radius 1 is 1.60 bits per heavy atom. The van der Waals surface area contributed by atoms with Crippen LogP contribution in [0.2, 0.25) is 0 Å². The molecular weight excluding hydrogens is 218 g/mol. The second-order valence-electron chi connectivity index (χ2n) is 1.96. The smallest absolute Gasteiger partial charge is 0.402 e. The number of carboxylic acid groups (broad SMARTS) is 1. The molecule has 1 aliphatic rings. The first-order valence-corrected chi connectivity index (χ1v) is 4.76. The van der Waals surface area contributed by atoms with Crippen LogP contribution in [0.25, 0.3) is 0 Å². The molecule has 1 amide bonds. The van der Waals surface area contributed by atoms with Gasteiger partial charge in [0, 0.05) is 17.8 Å². The molecule has 0 saturated heterocycles. The number of primary amides is 1. The van der Waals surface area contributed by atoms with Gasteiger partial charge in [0.25, 0.3) is 0 Å². The van der Waals surface area contributed by atoms with E-state index in [1.165, 1.54) is 0 Å². The summed E-state index contributed by atoms with van der Waals surface area (Å²) in [4.78, 5) is 16.3. The summed E-state index contributed by atoms with van der Waals surface area (Å²) in [6.07, 6.45) is 5.33. The fraction of sp³-hybridized carbons (Fsp3) is 0.125. The molecule has 0 aliphatic carbocycles. The molecule has 0 aromatic carbocycles. The van der Waals surface area contributed by atoms with E-state index in [0.29, 0.717) is 6.61 Å². The summed E-state index contributed by atoms with van der Waals surface area (Å²) in [5, 5.41) is 9.12. The van der Waals surface area contributed by atoms with E-state index in [2.05, 4.69) is 15.7 Å². The van der Waals surface area contributed by atoms with E-state index >= 15 is 0 Å². The molecule has 6 nitrogen and oxygen atoms in total. The number of rotatable bonds is 0. The highest BCUT2D eigenvalue weighted by molar-refractivity contribution is 7.07. The van der Waals surface area contributed by atoms with Crippen molar-refractivity contribution in [3.8, 4) is 0 Å². The van der Waals surface area contributed by atoms with Crippen molar-refractivity contribution in [3.05, 3.63) is 29.5 Å². The van der Waals surface area contributed by atoms with Crippen LogP contribution in [0.4, 0.5) is 4.79 Å². The molecule has 1 aromatic rings. The van der Waals surface area contributed by atoms with Crippen molar-refractivity contribution in [2.24, 2.45) is 10.7 Å². The average molecular weight is 229 g/mol. The molecule has 15 heavy (non-hydrogen) atoms. The normalized spacial score (nSPS) is 11.2. The summed E-state index contributed by atoms with van der Waals surface area (Å²) in [5.74, 6) is 0. The Balaban J connectivity index is 0.000000202. The minimum Gasteiger partial charge on any atom is -0.494 e. The first-order valence-electron chi connectivity index (χ1n) is 3.82. The zero-order valence-electron chi connectivity index (χ0n) is 7.81. The van der Waals surface area contributed by atoms with Gasteiger partial charge in [0.2, 0.25) is 0 Å². The number of aliphatic imine (C=N–C) groups is 1. The highest BCUT2D eigenvalue weighted by atomic mass is 32.1. The van der Waals surface area contributed by atoms with Crippen LogP contribution >= 0.6 is 11.3 Å². The minimum atomic E-state index is -1.33. The van der Waals surface area contributed by atoms with Gasteiger partial charge in [-0.25, -0.2) is 4.79 Å². The molecule has 2 rings (SSSR count). The van der Waals surface area contributed by atoms with Crippen molar-refractivity contribution in [1.29, 1.82) is 0 Å². The fourth-order valence-electron chi connectivity index (χ4n) is 0.456. The molecule has 0 unspecified atom stereocenters. The molecule has 1 aromatic heterocycles. The summed E-state index contributed by atoms with van der Waals surface area (Å²) in [6.45, 7) is 0.622. The quantitative estimate of drug-likeness (QED) is 0.701. The summed E-state index contributed by atoms with van der Waals surface area (Å²) in [5.41, 5.74) is 5.82. The maximum absolute atomic E-state index is 8.78. The van der Waals surface area contributed by atoms with Crippen molar-refractivity contribution in [2.45, 2.75) is 0 Å². The van der Waals surface area contributed by atoms with Gasteiger partial charge in [-0.05, 0) is 0 Å². The van der Waals surface area contributed by atoms with Crippen LogP contribution in [0, 0.1) is 0 Å². The molecule has 0 spiro atoms. The number of nitrogens with two attached hydrogens (primary N) is 1. The van der Waals surface area contributed by atoms with E-state index in [9.17, 15) is 0 Å². The molecule has 1 aliphatic heterocycles. The van der Waals surface area contributed by atoms with Crippen LogP contribution in [0.3, 0.4) is 0 Å². The molecule has 0 saturated carbocycles. The number of hydrogen-bond donors (Lipinski definition) is 2. The number of thiazole rings is 1. The third-order valence-electron chi connectivity index (χ3n) is 0.867. The van der Waals surface area contributed by atoms with Gasteiger partial charge in [0.15, 0.2) is 0 Å². The van der Waals surface area contributed by atoms with Crippen molar-refractivity contribution >= 4 is 23.6 Å². The molecule has 0 radical (unpaired) electrons. The number of amides is 1. The SMILES string of the molecule is C1=COCC=N1.NC(=O)O.c1cscn1. The number of nitrogens with zero attached hydrogens (tertiary/aromatic N) is 2. The summed E-state index contributed by atoms with van der Waals surface area (Å²) in [7, 11) is 0. The predicted octanol–water partition coefficient (Wildman–Crippen LogP) is 1.32. The van der Waals surface area contributed by atoms with Gasteiger partial charge in [0.1, 0.15) is 12.9 Å². The molecule has 0 atom stereocenters. The molecule has 82 valence electrons. The van der Waals surface area contributed by atoms with E-state index < -0.39 is 6.09 Å². The van der Waals surface area contributed by atoms with Gasteiger partial charge in [0.05, 0.1) is 11.7 Å². The largest absolute Gasteiger partial charge is 0.494 e. The molecule has 0 fully saturated rings. The third-order valence-corrected chi connectivity index (χ3v) is 1.39. The highest BCUT2D eigenvalue weighted by Crippen LogP contribution is 1.86. The maximum Gasteiger partial charge on any atom is 0.402 e. The van der Waals surface area contributed by atoms with Crippen LogP contribution in [-0.4, -0.2) is 29.0 Å². The number of hydrogen-bond acceptors (Lipinski definition) is 5. The maximum atomic E-state index is 8.78. The summed E-state index contributed by atoms with van der Waals surface area (Å²) in [6, 6.07) is 0. The zero-order valence-corrected chi connectivity index (χ0v) is 8.63. The fourth-order valence-corrected chi connectivity index (χ4v) is 0.808. The Bertz CT molecular complexity index is 265. The summed E-state index contributed by atoms with van der Waals surface area (Å²) >= 11 is 1.60. The van der Waals surface area contributed by atoms with Gasteiger partial charge in [-0.15, -0.1) is 11.3 Å². The van der Waals surface area contributed by atoms with Crippen LogP contribution in [0.5, 0.6) is 0 Å². The van der Waals surface area contributed by atoms with Gasteiger partial charge in [-0.2, -0.15) is 0 Å². The Hall–Kier alpha value is -1.89. The third kappa shape index (κ3) is 14.9. The number of ether oxygens (including phenoxy) is 1. The lowest BCUT2D eigenvalue weighted by atomic mass is 10.7. The lowest BCUT2D eigenvalue weighted by Gasteiger charge is -1.94. The van der Waals surface area contributed by atoms with E-state index in [-0.39, 0.29) is 0 Å². The lowest BCUT2D eigenvalue weighted by Crippen LogP contribution is -2.03. The second kappa shape index (κ2) is 10.2. The Kier molecular flexibility index (Phi) is 8.91. The summed E-state index contributed by atoms with van der Waals surface area (Å²) < 4.78 is 4.74. The van der Waals surface area contributed by atoms with Crippen molar-refractivity contribution in [2.75, 3.05) is 6.61 Å². The molecule has 7 heteroatoms. The van der Waals surface area contributed by atoms with Gasteiger partial charge < -0.3 is 15.6 Å². The topological polar surface area (TPSA) is 97.8 Å². The van der Waals surface area contributed by atoms with Crippen LogP contribution < -0.4 is 5.73 Å². The van der Waals surface area contributed by atoms with Crippen molar-refractivity contribution < 1.29 is 14.6 Å². The van der Waals surface area contributed by atoms with Crippen LogP contribution in [0.1, 0.15) is 0 Å². The standard InChI is InChI=1S/C4H5NO.C3H3NS.CH3NO2/c1-3-6-4-2-5-1;1-2-5-3-4-1;2-1(3)4/h1-3H,4H2;1-3H;2H2,(H,3,4). The second-order valence-corrected chi connectivity index (χ2v) is 2.72. The van der Waals surface area contributed by atoms with Crippen LogP contribution in [-0.2, 0) is 4.74 Å². The average Bonchev–Trinajstić information content (AvgIpc) is 2.77. The molecule has 0 bridgehead atoms. The minimum absolute atomic E-state index is 0.622. The first kappa shape index (κ1) is 13.1. The molecule has 2 heterocycles. The number of aromatic nitrogens is 1. The molecular formula is C8H11N3O3S. The van der Waals surface area contributed by atoms with Crippen molar-refractivity contribution in [1.82, 2.24) is 4.98 Å². The van der Waals surface area contributed by atoms with Gasteiger partial charge >= 0.3 is 6.09 Å². The number of carbonyl (C=O) groups is 1. The van der Waals surface area contributed by atoms with E-state index in [0.717, 1.165) is 0 Å². The van der Waals surface area contributed by atoms with Gasteiger partial charge in [-0.3, -0.25) is 9.98 Å². The highest BCUT2D eigenvalue weighted by Gasteiger charge is 1.76. The zero-order chi connectivity index (χ0) is 11.4. The lowest BCUT2D eigenvalue weighted by molar-refractivity contribution is 0.205. The Morgan fingerprint density at radius 2 is 2.33 bits per heavy atom. The van der Waals surface area contributed by atoms with Crippen LogP contribution in [0.15, 0.2) is 34.5 Å². The Morgan fingerprint density at radius 3 is 2.47 bits per heavy atom. The van der Waals surface area contributed by atoms with E-state index in [1.807, 2.05) is 5.38 Å². The molecule has 3 N–H and O–H groups in total. The first-order chi connectivity index (χ1) is 7.23. The van der Waals surface area contributed by atoms with Crippen molar-refractivity contribution in [3.63, 3.8) is 0 Å².